The van der Waals surface area contributed by atoms with E-state index in [9.17, 15) is 0 Å². The average molecular weight is 189 g/mol. The molecule has 3 heteroatoms. The van der Waals surface area contributed by atoms with Crippen molar-refractivity contribution < 1.29 is 0 Å². The number of nitrogens with one attached hydrogen (secondary N) is 1. The number of alkyl halides is 1. The van der Waals surface area contributed by atoms with Gasteiger partial charge in [-0.1, -0.05) is 22.9 Å². The monoisotopic (exact) mass is 188 g/mol. The van der Waals surface area contributed by atoms with Crippen LogP contribution in [0.4, 0.5) is 0 Å². The van der Waals surface area contributed by atoms with Gasteiger partial charge in [-0.3, -0.25) is 5.10 Å². The fourth-order valence-corrected chi connectivity index (χ4v) is 0.946. The largest absolute Gasteiger partial charge is 0.281 e. The van der Waals surface area contributed by atoms with Crippen LogP contribution < -0.4 is 0 Å². The summed E-state index contributed by atoms with van der Waals surface area (Å²) in [5.74, 6) is 0. The van der Waals surface area contributed by atoms with E-state index in [1.165, 1.54) is 0 Å². The van der Waals surface area contributed by atoms with Crippen molar-refractivity contribution in [1.82, 2.24) is 10.2 Å². The summed E-state index contributed by atoms with van der Waals surface area (Å²) >= 11 is 3.33. The van der Waals surface area contributed by atoms with Gasteiger partial charge >= 0.3 is 0 Å². The maximum Gasteiger partial charge on any atom is 0.0622 e. The Morgan fingerprint density at radius 3 is 2.89 bits per heavy atom. The maximum absolute atomic E-state index is 4.05. The van der Waals surface area contributed by atoms with Gasteiger partial charge in [0.25, 0.3) is 0 Å². The summed E-state index contributed by atoms with van der Waals surface area (Å²) in [7, 11) is 0. The van der Waals surface area contributed by atoms with Crippen LogP contribution >= 0.6 is 15.9 Å². The Morgan fingerprint density at radius 2 is 2.56 bits per heavy atom. The van der Waals surface area contributed by atoms with Crippen LogP contribution in [-0.4, -0.2) is 10.2 Å². The van der Waals surface area contributed by atoms with E-state index in [4.69, 9.17) is 0 Å². The lowest BCUT2D eigenvalue weighted by Gasteiger charge is -1.79. The predicted molar refractivity (Wildman–Crippen MR) is 40.6 cm³/mol. The van der Waals surface area contributed by atoms with Crippen LogP contribution in [0, 0.1) is 0 Å². The molecule has 2 nitrogen and oxygen atoms in total. The van der Waals surface area contributed by atoms with Crippen LogP contribution in [-0.2, 0) is 11.8 Å². The van der Waals surface area contributed by atoms with E-state index in [1.807, 2.05) is 0 Å². The summed E-state index contributed by atoms with van der Waals surface area (Å²) in [6, 6.07) is 2.06. The van der Waals surface area contributed by atoms with E-state index in [0.717, 1.165) is 23.1 Å². The average Bonchev–Trinajstić information content (AvgIpc) is 2.34. The summed E-state index contributed by atoms with van der Waals surface area (Å²) in [5.41, 5.74) is 2.27. The molecule has 0 aliphatic rings. The maximum atomic E-state index is 4.05. The summed E-state index contributed by atoms with van der Waals surface area (Å²) in [4.78, 5) is 0. The van der Waals surface area contributed by atoms with Crippen molar-refractivity contribution in [2.24, 2.45) is 0 Å². The van der Waals surface area contributed by atoms with Crippen molar-refractivity contribution in [3.63, 3.8) is 0 Å². The van der Waals surface area contributed by atoms with Crippen molar-refractivity contribution in [3.8, 4) is 0 Å². The number of hydrogen-bond acceptors (Lipinski definition) is 1. The number of rotatable bonds is 2. The summed E-state index contributed by atoms with van der Waals surface area (Å²) < 4.78 is 0. The Kier molecular flexibility index (Phi) is 2.28. The van der Waals surface area contributed by atoms with Crippen LogP contribution in [0.3, 0.4) is 0 Å². The Balaban J connectivity index is 2.74. The SMILES string of the molecule is CCc1cc(CBr)[nH]n1. The minimum absolute atomic E-state index is 0.861. The zero-order chi connectivity index (χ0) is 6.69. The second-order valence-corrected chi connectivity index (χ2v) is 2.43. The normalized spacial score (nSPS) is 10.0. The van der Waals surface area contributed by atoms with E-state index in [-0.39, 0.29) is 0 Å². The molecule has 0 atom stereocenters. The van der Waals surface area contributed by atoms with Crippen molar-refractivity contribution in [2.75, 3.05) is 0 Å². The number of nitrogens with zero attached hydrogens (tertiary/aromatic N) is 1. The smallest absolute Gasteiger partial charge is 0.0622 e. The van der Waals surface area contributed by atoms with Gasteiger partial charge in [-0.2, -0.15) is 5.10 Å². The zero-order valence-corrected chi connectivity index (χ0v) is 6.90. The molecule has 0 radical (unpaired) electrons. The molecule has 0 aromatic carbocycles. The molecule has 0 amide bonds. The quantitative estimate of drug-likeness (QED) is 0.706. The van der Waals surface area contributed by atoms with Gasteiger partial charge in [0.15, 0.2) is 0 Å². The van der Waals surface area contributed by atoms with Gasteiger partial charge in [0.1, 0.15) is 0 Å². The topological polar surface area (TPSA) is 28.7 Å². The lowest BCUT2D eigenvalue weighted by atomic mass is 10.3. The van der Waals surface area contributed by atoms with Crippen molar-refractivity contribution in [3.05, 3.63) is 17.5 Å². The third-order valence-electron chi connectivity index (χ3n) is 1.19. The van der Waals surface area contributed by atoms with E-state index in [0.29, 0.717) is 0 Å². The van der Waals surface area contributed by atoms with Gasteiger partial charge in [-0.05, 0) is 12.5 Å². The van der Waals surface area contributed by atoms with Gasteiger partial charge in [-0.25, -0.2) is 0 Å². The highest BCUT2D eigenvalue weighted by molar-refractivity contribution is 9.08. The molecule has 1 rings (SSSR count). The molecule has 0 unspecified atom stereocenters. The highest BCUT2D eigenvalue weighted by Crippen LogP contribution is 2.03. The first-order chi connectivity index (χ1) is 4.36. The number of aryl methyl sites for hydroxylation is 1. The summed E-state index contributed by atoms with van der Waals surface area (Å²) in [6.45, 7) is 2.09. The zero-order valence-electron chi connectivity index (χ0n) is 5.32. The molecule has 1 aromatic heterocycles. The van der Waals surface area contributed by atoms with Crippen LogP contribution in [0.25, 0.3) is 0 Å². The van der Waals surface area contributed by atoms with E-state index in [1.54, 1.807) is 0 Å². The van der Waals surface area contributed by atoms with Gasteiger partial charge in [0, 0.05) is 11.0 Å². The summed E-state index contributed by atoms with van der Waals surface area (Å²) in [6.07, 6.45) is 1.00. The molecule has 0 saturated carbocycles. The molecule has 50 valence electrons. The van der Waals surface area contributed by atoms with Gasteiger partial charge < -0.3 is 0 Å². The highest BCUT2D eigenvalue weighted by atomic mass is 79.9. The first kappa shape index (κ1) is 6.81. The molecule has 0 spiro atoms. The van der Waals surface area contributed by atoms with Crippen LogP contribution in [0.5, 0.6) is 0 Å². The second kappa shape index (κ2) is 3.01. The Labute approximate surface area is 62.8 Å². The van der Waals surface area contributed by atoms with Crippen molar-refractivity contribution in [2.45, 2.75) is 18.7 Å². The first-order valence-electron chi connectivity index (χ1n) is 2.96. The highest BCUT2D eigenvalue weighted by Gasteiger charge is 1.94. The van der Waals surface area contributed by atoms with Crippen molar-refractivity contribution in [1.29, 1.82) is 0 Å². The van der Waals surface area contributed by atoms with Crippen LogP contribution in [0.2, 0.25) is 0 Å². The third-order valence-corrected chi connectivity index (χ3v) is 1.79. The minimum atomic E-state index is 0.861. The fraction of sp³-hybridized carbons (Fsp3) is 0.500. The lowest BCUT2D eigenvalue weighted by molar-refractivity contribution is 0.960. The standard InChI is InChI=1S/C6H9BrN2/c1-2-5-3-6(4-7)9-8-5/h3H,2,4H2,1H3,(H,8,9). The van der Waals surface area contributed by atoms with Crippen LogP contribution in [0.15, 0.2) is 6.07 Å². The summed E-state index contributed by atoms with van der Waals surface area (Å²) in [5, 5.41) is 7.82. The first-order valence-corrected chi connectivity index (χ1v) is 4.08. The Morgan fingerprint density at radius 1 is 1.78 bits per heavy atom. The fourth-order valence-electron chi connectivity index (χ4n) is 0.659. The van der Waals surface area contributed by atoms with Gasteiger partial charge in [-0.15, -0.1) is 0 Å². The van der Waals surface area contributed by atoms with Gasteiger partial charge in [0.05, 0.1) is 5.69 Å². The Bertz CT molecular complexity index is 164. The lowest BCUT2D eigenvalue weighted by Crippen LogP contribution is -1.76. The third kappa shape index (κ3) is 1.55. The second-order valence-electron chi connectivity index (χ2n) is 1.87. The minimum Gasteiger partial charge on any atom is -0.281 e. The van der Waals surface area contributed by atoms with Crippen LogP contribution in [0.1, 0.15) is 18.3 Å². The number of aromatic nitrogens is 2. The molecule has 0 fully saturated rings. The Hall–Kier alpha value is -0.310. The molecule has 0 saturated heterocycles. The number of hydrogen-bond donors (Lipinski definition) is 1. The molecule has 0 aliphatic carbocycles. The molecule has 1 N–H and O–H groups in total. The predicted octanol–water partition coefficient (Wildman–Crippen LogP) is 1.87. The van der Waals surface area contributed by atoms with Crippen molar-refractivity contribution >= 4 is 15.9 Å². The number of aromatic amines is 1. The molecular weight excluding hydrogens is 180 g/mol. The van der Waals surface area contributed by atoms with E-state index in [2.05, 4.69) is 39.1 Å². The molecule has 9 heavy (non-hydrogen) atoms. The number of H-pyrrole nitrogens is 1. The molecule has 0 aliphatic heterocycles. The van der Waals surface area contributed by atoms with Gasteiger partial charge in [0.2, 0.25) is 0 Å². The van der Waals surface area contributed by atoms with E-state index < -0.39 is 0 Å². The van der Waals surface area contributed by atoms with E-state index >= 15 is 0 Å². The molecule has 1 heterocycles. The molecular formula is C6H9BrN2. The molecule has 1 aromatic rings. The number of halogens is 1. The molecule has 0 bridgehead atoms.